The van der Waals surface area contributed by atoms with E-state index in [-0.39, 0.29) is 12.8 Å². The van der Waals surface area contributed by atoms with Crippen LogP contribution in [0.1, 0.15) is 18.9 Å². The molecule has 1 aliphatic rings. The molecule has 134 valence electrons. The van der Waals surface area contributed by atoms with Crippen molar-refractivity contribution in [2.24, 2.45) is 0 Å². The van der Waals surface area contributed by atoms with Crippen LogP contribution >= 0.6 is 0 Å². The van der Waals surface area contributed by atoms with Crippen molar-refractivity contribution in [1.29, 1.82) is 0 Å². The molecule has 0 saturated carbocycles. The van der Waals surface area contributed by atoms with Crippen LogP contribution < -0.4 is 5.32 Å². The van der Waals surface area contributed by atoms with Gasteiger partial charge in [-0.15, -0.1) is 0 Å². The van der Waals surface area contributed by atoms with Crippen molar-refractivity contribution in [3.8, 4) is 0 Å². The first-order valence-electron chi connectivity index (χ1n) is 7.58. The molecule has 0 bridgehead atoms. The summed E-state index contributed by atoms with van der Waals surface area (Å²) in [7, 11) is 0. The van der Waals surface area contributed by atoms with Crippen LogP contribution in [0.5, 0.6) is 0 Å². The highest BCUT2D eigenvalue weighted by Crippen LogP contribution is 2.22. The molecule has 3 atom stereocenters. The second-order valence-corrected chi connectivity index (χ2v) is 5.64. The zero-order chi connectivity index (χ0) is 18.6. The van der Waals surface area contributed by atoms with Gasteiger partial charge in [0, 0.05) is 6.42 Å². The number of carboxylic acids is 2. The molecule has 3 N–H and O–H groups in total. The SMILES string of the molecule is C[C@@H](NC(=O)Cc1ccccc1)C(=O)N1O[C@@H](C(=O)O)C[C@H]1C(=O)O. The molecule has 1 aromatic rings. The van der Waals surface area contributed by atoms with E-state index in [1.807, 2.05) is 6.07 Å². The Labute approximate surface area is 143 Å². The predicted molar refractivity (Wildman–Crippen MR) is 83.1 cm³/mol. The van der Waals surface area contributed by atoms with E-state index in [9.17, 15) is 19.2 Å². The Morgan fingerprint density at radius 3 is 2.40 bits per heavy atom. The van der Waals surface area contributed by atoms with Crippen LogP contribution in [0.2, 0.25) is 0 Å². The number of carbonyl (C=O) groups excluding carboxylic acids is 2. The van der Waals surface area contributed by atoms with E-state index in [0.717, 1.165) is 5.56 Å². The largest absolute Gasteiger partial charge is 0.480 e. The van der Waals surface area contributed by atoms with Gasteiger partial charge >= 0.3 is 11.9 Å². The van der Waals surface area contributed by atoms with E-state index >= 15 is 0 Å². The van der Waals surface area contributed by atoms with E-state index in [2.05, 4.69) is 5.32 Å². The van der Waals surface area contributed by atoms with Crippen LogP contribution in [0.4, 0.5) is 0 Å². The van der Waals surface area contributed by atoms with Gasteiger partial charge in [-0.25, -0.2) is 14.7 Å². The van der Waals surface area contributed by atoms with E-state index < -0.39 is 41.9 Å². The number of hydroxylamine groups is 2. The summed E-state index contributed by atoms with van der Waals surface area (Å²) in [4.78, 5) is 51.5. The minimum atomic E-state index is -1.42. The lowest BCUT2D eigenvalue weighted by atomic mass is 10.1. The molecule has 1 heterocycles. The number of amides is 2. The van der Waals surface area contributed by atoms with Gasteiger partial charge in [0.25, 0.3) is 5.91 Å². The lowest BCUT2D eigenvalue weighted by molar-refractivity contribution is -0.200. The lowest BCUT2D eigenvalue weighted by Crippen LogP contribution is -2.50. The topological polar surface area (TPSA) is 133 Å². The summed E-state index contributed by atoms with van der Waals surface area (Å²) in [5.41, 5.74) is 0.756. The number of nitrogens with one attached hydrogen (secondary N) is 1. The van der Waals surface area contributed by atoms with Gasteiger partial charge in [-0.3, -0.25) is 14.4 Å². The van der Waals surface area contributed by atoms with Crippen LogP contribution in [0, 0.1) is 0 Å². The molecule has 2 rings (SSSR count). The number of hydrogen-bond donors (Lipinski definition) is 3. The van der Waals surface area contributed by atoms with Crippen molar-refractivity contribution < 1.29 is 34.2 Å². The van der Waals surface area contributed by atoms with Crippen LogP contribution in [0.15, 0.2) is 30.3 Å². The number of carboxylic acid groups (broad SMARTS) is 2. The Bertz CT molecular complexity index is 676. The monoisotopic (exact) mass is 350 g/mol. The number of rotatable bonds is 6. The first-order valence-corrected chi connectivity index (χ1v) is 7.58. The Balaban J connectivity index is 1.99. The number of hydrogen-bond acceptors (Lipinski definition) is 5. The molecular formula is C16H18N2O7. The van der Waals surface area contributed by atoms with Gasteiger partial charge in [0.1, 0.15) is 6.04 Å². The fraction of sp³-hybridized carbons (Fsp3) is 0.375. The fourth-order valence-corrected chi connectivity index (χ4v) is 2.43. The van der Waals surface area contributed by atoms with Gasteiger partial charge in [-0.05, 0) is 12.5 Å². The second kappa shape index (κ2) is 7.75. The van der Waals surface area contributed by atoms with E-state index in [0.29, 0.717) is 5.06 Å². The Morgan fingerprint density at radius 1 is 1.20 bits per heavy atom. The smallest absolute Gasteiger partial charge is 0.335 e. The summed E-state index contributed by atoms with van der Waals surface area (Å²) in [6.07, 6.45) is -1.72. The van der Waals surface area contributed by atoms with E-state index in [4.69, 9.17) is 15.1 Å². The molecule has 0 radical (unpaired) electrons. The van der Waals surface area contributed by atoms with Crippen molar-refractivity contribution in [2.75, 3.05) is 0 Å². The highest BCUT2D eigenvalue weighted by Gasteiger charge is 2.45. The Morgan fingerprint density at radius 2 is 1.84 bits per heavy atom. The number of carbonyl (C=O) groups is 4. The number of nitrogens with zero attached hydrogens (tertiary/aromatic N) is 1. The molecule has 9 heteroatoms. The Kier molecular flexibility index (Phi) is 5.71. The van der Waals surface area contributed by atoms with Gasteiger partial charge < -0.3 is 15.5 Å². The van der Waals surface area contributed by atoms with Crippen molar-refractivity contribution in [3.63, 3.8) is 0 Å². The van der Waals surface area contributed by atoms with Gasteiger partial charge in [-0.2, -0.15) is 0 Å². The van der Waals surface area contributed by atoms with Crippen molar-refractivity contribution in [1.82, 2.24) is 10.4 Å². The summed E-state index contributed by atoms with van der Waals surface area (Å²) in [6, 6.07) is 6.40. The molecule has 0 unspecified atom stereocenters. The normalized spacial score (nSPS) is 20.8. The number of aliphatic carboxylic acids is 2. The van der Waals surface area contributed by atoms with Crippen molar-refractivity contribution >= 4 is 23.8 Å². The highest BCUT2D eigenvalue weighted by molar-refractivity contribution is 5.91. The first-order chi connectivity index (χ1) is 11.8. The number of benzene rings is 1. The summed E-state index contributed by atoms with van der Waals surface area (Å²) in [5, 5.41) is 21.1. The molecule has 0 aliphatic carbocycles. The molecule has 0 spiro atoms. The average molecular weight is 350 g/mol. The highest BCUT2D eigenvalue weighted by atomic mass is 16.7. The molecule has 25 heavy (non-hydrogen) atoms. The third kappa shape index (κ3) is 4.54. The zero-order valence-electron chi connectivity index (χ0n) is 13.4. The third-order valence-electron chi connectivity index (χ3n) is 3.69. The average Bonchev–Trinajstić information content (AvgIpc) is 3.00. The predicted octanol–water partition coefficient (Wildman–Crippen LogP) is -0.196. The maximum Gasteiger partial charge on any atom is 0.335 e. The van der Waals surface area contributed by atoms with Crippen LogP contribution in [-0.2, 0) is 30.4 Å². The van der Waals surface area contributed by atoms with Crippen LogP contribution in [-0.4, -0.2) is 57.2 Å². The first kappa shape index (κ1) is 18.4. The van der Waals surface area contributed by atoms with Crippen molar-refractivity contribution in [2.45, 2.75) is 38.0 Å². The maximum absolute atomic E-state index is 12.3. The molecule has 1 fully saturated rings. The van der Waals surface area contributed by atoms with E-state index in [1.165, 1.54) is 6.92 Å². The van der Waals surface area contributed by atoms with Crippen LogP contribution in [0.3, 0.4) is 0 Å². The standard InChI is InChI=1S/C16H18N2O7/c1-9(17-13(19)7-10-5-3-2-4-6-10)14(20)18-11(15(21)22)8-12(25-18)16(23)24/h2-6,9,11-12H,7-8H2,1H3,(H,17,19)(H,21,22)(H,23,24)/t9-,11+,12-/m1/s1. The fourth-order valence-electron chi connectivity index (χ4n) is 2.43. The summed E-state index contributed by atoms with van der Waals surface area (Å²) >= 11 is 0. The molecule has 2 amide bonds. The van der Waals surface area contributed by atoms with Gasteiger partial charge in [0.05, 0.1) is 6.42 Å². The van der Waals surface area contributed by atoms with Crippen molar-refractivity contribution in [3.05, 3.63) is 35.9 Å². The quantitative estimate of drug-likeness (QED) is 0.647. The minimum absolute atomic E-state index is 0.0550. The third-order valence-corrected chi connectivity index (χ3v) is 3.69. The van der Waals surface area contributed by atoms with Gasteiger partial charge in [0.15, 0.2) is 12.1 Å². The summed E-state index contributed by atoms with van der Waals surface area (Å²) < 4.78 is 0. The molecule has 1 aromatic carbocycles. The molecule has 9 nitrogen and oxygen atoms in total. The van der Waals surface area contributed by atoms with E-state index in [1.54, 1.807) is 24.3 Å². The Hall–Kier alpha value is -2.94. The lowest BCUT2D eigenvalue weighted by Gasteiger charge is -2.23. The van der Waals surface area contributed by atoms with Crippen LogP contribution in [0.25, 0.3) is 0 Å². The molecule has 0 aromatic heterocycles. The minimum Gasteiger partial charge on any atom is -0.480 e. The summed E-state index contributed by atoms with van der Waals surface area (Å²) in [5.74, 6) is -3.98. The summed E-state index contributed by atoms with van der Waals surface area (Å²) in [6.45, 7) is 1.38. The maximum atomic E-state index is 12.3. The second-order valence-electron chi connectivity index (χ2n) is 5.64. The van der Waals surface area contributed by atoms with Gasteiger partial charge in [-0.1, -0.05) is 30.3 Å². The molecule has 1 aliphatic heterocycles. The molecular weight excluding hydrogens is 332 g/mol. The van der Waals surface area contributed by atoms with Gasteiger partial charge in [0.2, 0.25) is 5.91 Å². The zero-order valence-corrected chi connectivity index (χ0v) is 13.4. The molecule has 1 saturated heterocycles.